The molecule has 2 amide bonds. The van der Waals surface area contributed by atoms with Gasteiger partial charge in [0.05, 0.1) is 13.7 Å². The average molecular weight is 459 g/mol. The maximum atomic E-state index is 12.7. The molecule has 2 aromatic carbocycles. The van der Waals surface area contributed by atoms with Crippen molar-refractivity contribution in [2.24, 2.45) is 5.92 Å². The summed E-state index contributed by atoms with van der Waals surface area (Å²) in [6, 6.07) is 13.7. The summed E-state index contributed by atoms with van der Waals surface area (Å²) >= 11 is 0. The molecule has 0 saturated heterocycles. The van der Waals surface area contributed by atoms with E-state index in [1.807, 2.05) is 6.92 Å². The van der Waals surface area contributed by atoms with Gasteiger partial charge in [0.1, 0.15) is 24.2 Å². The zero-order valence-electron chi connectivity index (χ0n) is 19.1. The van der Waals surface area contributed by atoms with Gasteiger partial charge in [-0.3, -0.25) is 15.3 Å². The third kappa shape index (κ3) is 7.23. The SMILES string of the molecule is COc1ccc(NC(=O)O[C@H](c2ccc(OCCO)cc2)[C@H](C)/C(C)=C(\C)C(=O)NO)cc1. The second-order valence-electron chi connectivity index (χ2n) is 7.36. The van der Waals surface area contributed by atoms with Crippen LogP contribution in [0.4, 0.5) is 10.5 Å². The summed E-state index contributed by atoms with van der Waals surface area (Å²) in [6.07, 6.45) is -1.41. The van der Waals surface area contributed by atoms with Crippen molar-refractivity contribution in [3.63, 3.8) is 0 Å². The Bertz CT molecular complexity index is 956. The fraction of sp³-hybridized carbons (Fsp3) is 0.333. The number of methoxy groups -OCH3 is 1. The Morgan fingerprint density at radius 3 is 2.15 bits per heavy atom. The van der Waals surface area contributed by atoms with E-state index < -0.39 is 24.0 Å². The Morgan fingerprint density at radius 1 is 1.00 bits per heavy atom. The summed E-state index contributed by atoms with van der Waals surface area (Å²) in [4.78, 5) is 24.6. The van der Waals surface area contributed by atoms with Crippen LogP contribution in [-0.2, 0) is 9.53 Å². The number of nitrogens with one attached hydrogen (secondary N) is 2. The van der Waals surface area contributed by atoms with Gasteiger partial charge in [-0.05, 0) is 55.8 Å². The number of amides is 2. The maximum Gasteiger partial charge on any atom is 0.412 e. The molecule has 0 radical (unpaired) electrons. The molecule has 2 atom stereocenters. The lowest BCUT2D eigenvalue weighted by Gasteiger charge is -2.26. The molecular formula is C24H30N2O7. The van der Waals surface area contributed by atoms with Gasteiger partial charge in [-0.15, -0.1) is 0 Å². The van der Waals surface area contributed by atoms with E-state index in [1.165, 1.54) is 0 Å². The molecule has 4 N–H and O–H groups in total. The topological polar surface area (TPSA) is 126 Å². The van der Waals surface area contributed by atoms with Gasteiger partial charge in [0.15, 0.2) is 0 Å². The van der Waals surface area contributed by atoms with Crippen LogP contribution in [0.15, 0.2) is 59.7 Å². The summed E-state index contributed by atoms with van der Waals surface area (Å²) in [6.45, 7) is 5.21. The molecule has 0 bridgehead atoms. The highest BCUT2D eigenvalue weighted by Gasteiger charge is 2.27. The quantitative estimate of drug-likeness (QED) is 0.242. The molecule has 2 rings (SSSR count). The molecule has 178 valence electrons. The van der Waals surface area contributed by atoms with E-state index in [0.29, 0.717) is 33.9 Å². The van der Waals surface area contributed by atoms with Crippen molar-refractivity contribution in [1.82, 2.24) is 5.48 Å². The van der Waals surface area contributed by atoms with Crippen LogP contribution in [0.25, 0.3) is 0 Å². The van der Waals surface area contributed by atoms with Gasteiger partial charge in [-0.25, -0.2) is 10.3 Å². The molecule has 0 unspecified atom stereocenters. The highest BCUT2D eigenvalue weighted by atomic mass is 16.6. The van der Waals surface area contributed by atoms with Crippen LogP contribution < -0.4 is 20.3 Å². The van der Waals surface area contributed by atoms with Crippen LogP contribution >= 0.6 is 0 Å². The maximum absolute atomic E-state index is 12.7. The van der Waals surface area contributed by atoms with Crippen molar-refractivity contribution in [2.75, 3.05) is 25.6 Å². The number of carbonyl (C=O) groups excluding carboxylic acids is 2. The largest absolute Gasteiger partial charge is 0.497 e. The van der Waals surface area contributed by atoms with Crippen molar-refractivity contribution in [1.29, 1.82) is 0 Å². The van der Waals surface area contributed by atoms with Crippen LogP contribution in [0, 0.1) is 5.92 Å². The van der Waals surface area contributed by atoms with Gasteiger partial charge >= 0.3 is 6.09 Å². The molecule has 0 aliphatic carbocycles. The van der Waals surface area contributed by atoms with Crippen molar-refractivity contribution in [2.45, 2.75) is 26.9 Å². The number of hydroxylamine groups is 1. The lowest BCUT2D eigenvalue weighted by atomic mass is 9.88. The first-order valence-corrected chi connectivity index (χ1v) is 10.4. The molecule has 0 spiro atoms. The van der Waals surface area contributed by atoms with Gasteiger partial charge in [0.2, 0.25) is 0 Å². The first-order chi connectivity index (χ1) is 15.8. The predicted octanol–water partition coefficient (Wildman–Crippen LogP) is 3.83. The normalized spacial score (nSPS) is 13.3. The van der Waals surface area contributed by atoms with Crippen molar-refractivity contribution >= 4 is 17.7 Å². The number of hydrogen-bond acceptors (Lipinski definition) is 7. The summed E-state index contributed by atoms with van der Waals surface area (Å²) < 4.78 is 16.3. The molecule has 9 nitrogen and oxygen atoms in total. The molecule has 0 heterocycles. The zero-order valence-corrected chi connectivity index (χ0v) is 19.1. The van der Waals surface area contributed by atoms with E-state index in [4.69, 9.17) is 24.5 Å². The van der Waals surface area contributed by atoms with Gasteiger partial charge in [0, 0.05) is 17.2 Å². The number of anilines is 1. The Morgan fingerprint density at radius 2 is 1.61 bits per heavy atom. The second kappa shape index (κ2) is 12.5. The molecule has 2 aromatic rings. The monoisotopic (exact) mass is 458 g/mol. The highest BCUT2D eigenvalue weighted by molar-refractivity contribution is 5.92. The number of carbonyl (C=O) groups is 2. The first kappa shape index (κ1) is 25.7. The van der Waals surface area contributed by atoms with E-state index in [0.717, 1.165) is 0 Å². The molecule has 0 aliphatic heterocycles. The van der Waals surface area contributed by atoms with Crippen molar-refractivity contribution in [3.8, 4) is 11.5 Å². The smallest absolute Gasteiger partial charge is 0.412 e. The van der Waals surface area contributed by atoms with Crippen LogP contribution in [0.1, 0.15) is 32.4 Å². The van der Waals surface area contributed by atoms with Gasteiger partial charge < -0.3 is 19.3 Å². The number of aliphatic hydroxyl groups is 1. The van der Waals surface area contributed by atoms with Gasteiger partial charge in [0.25, 0.3) is 5.91 Å². The zero-order chi connectivity index (χ0) is 24.4. The molecule has 33 heavy (non-hydrogen) atoms. The third-order valence-electron chi connectivity index (χ3n) is 5.31. The van der Waals surface area contributed by atoms with E-state index in [-0.39, 0.29) is 13.2 Å². The van der Waals surface area contributed by atoms with Crippen LogP contribution in [-0.4, -0.2) is 42.6 Å². The number of rotatable bonds is 10. The van der Waals surface area contributed by atoms with Gasteiger partial charge in [-0.2, -0.15) is 0 Å². The minimum atomic E-state index is -0.739. The lowest BCUT2D eigenvalue weighted by molar-refractivity contribution is -0.125. The van der Waals surface area contributed by atoms with E-state index in [9.17, 15) is 9.59 Å². The number of hydrogen-bond donors (Lipinski definition) is 4. The summed E-state index contributed by atoms with van der Waals surface area (Å²) in [5.74, 6) is 0.189. The standard InChI is InChI=1S/C24H30N2O7/c1-15(17(3)23(28)26-30)16(2)22(18-5-9-21(10-6-18)32-14-13-27)33-24(29)25-19-7-11-20(31-4)12-8-19/h5-12,16,22,27,30H,13-14H2,1-4H3,(H,25,29)(H,26,28)/b17-15+/t16-,22+/m1/s1. The second-order valence-corrected chi connectivity index (χ2v) is 7.36. The highest BCUT2D eigenvalue weighted by Crippen LogP contribution is 2.34. The minimum absolute atomic E-state index is 0.105. The number of benzene rings is 2. The molecule has 0 aromatic heterocycles. The fourth-order valence-electron chi connectivity index (χ4n) is 3.14. The Kier molecular flexibility index (Phi) is 9.71. The molecule has 0 aliphatic rings. The molecular weight excluding hydrogens is 428 g/mol. The van der Waals surface area contributed by atoms with Crippen molar-refractivity contribution in [3.05, 3.63) is 65.2 Å². The number of ether oxygens (including phenoxy) is 3. The summed E-state index contributed by atoms with van der Waals surface area (Å²) in [7, 11) is 1.55. The number of aliphatic hydroxyl groups excluding tert-OH is 1. The van der Waals surface area contributed by atoms with Crippen LogP contribution in [0.3, 0.4) is 0 Å². The molecule has 0 saturated carbocycles. The molecule has 9 heteroatoms. The van der Waals surface area contributed by atoms with Gasteiger partial charge in [-0.1, -0.05) is 24.6 Å². The average Bonchev–Trinajstić information content (AvgIpc) is 2.85. The fourth-order valence-corrected chi connectivity index (χ4v) is 3.14. The van der Waals surface area contributed by atoms with E-state index in [1.54, 1.807) is 75.0 Å². The summed E-state index contributed by atoms with van der Waals surface area (Å²) in [5.41, 5.74) is 3.80. The Hall–Kier alpha value is -3.56. The van der Waals surface area contributed by atoms with Crippen LogP contribution in [0.2, 0.25) is 0 Å². The first-order valence-electron chi connectivity index (χ1n) is 10.4. The summed E-state index contributed by atoms with van der Waals surface area (Å²) in [5, 5.41) is 20.6. The minimum Gasteiger partial charge on any atom is -0.497 e. The molecule has 0 fully saturated rings. The predicted molar refractivity (Wildman–Crippen MR) is 122 cm³/mol. The van der Waals surface area contributed by atoms with Crippen molar-refractivity contribution < 1.29 is 34.1 Å². The Balaban J connectivity index is 2.28. The Labute approximate surface area is 192 Å². The lowest BCUT2D eigenvalue weighted by Crippen LogP contribution is -2.25. The van der Waals surface area contributed by atoms with E-state index in [2.05, 4.69) is 5.32 Å². The van der Waals surface area contributed by atoms with E-state index >= 15 is 0 Å². The van der Waals surface area contributed by atoms with Crippen LogP contribution in [0.5, 0.6) is 11.5 Å². The third-order valence-corrected chi connectivity index (χ3v) is 5.31.